The van der Waals surface area contributed by atoms with Gasteiger partial charge in [-0.3, -0.25) is 14.4 Å². The van der Waals surface area contributed by atoms with Crippen molar-refractivity contribution in [3.05, 3.63) is 0 Å². The van der Waals surface area contributed by atoms with Gasteiger partial charge in [-0.05, 0) is 37.0 Å². The molecule has 0 aliphatic carbocycles. The van der Waals surface area contributed by atoms with Gasteiger partial charge in [-0.15, -0.1) is 0 Å². The molecule has 62 heavy (non-hydrogen) atoms. The Kier molecular flexibility index (Phi) is 46.2. The predicted octanol–water partition coefficient (Wildman–Crippen LogP) is 17.9. The van der Waals surface area contributed by atoms with Gasteiger partial charge in [-0.1, -0.05) is 266 Å². The van der Waals surface area contributed by atoms with Gasteiger partial charge in [0.1, 0.15) is 13.2 Å². The Labute approximate surface area is 387 Å². The zero-order chi connectivity index (χ0) is 45.6. The first-order valence-corrected chi connectivity index (χ1v) is 27.6. The van der Waals surface area contributed by atoms with Crippen molar-refractivity contribution >= 4 is 17.9 Å². The van der Waals surface area contributed by atoms with Crippen LogP contribution in [0.3, 0.4) is 0 Å². The fourth-order valence-electron chi connectivity index (χ4n) is 8.47. The van der Waals surface area contributed by atoms with E-state index < -0.39 is 6.10 Å². The molecule has 0 rings (SSSR count). The van der Waals surface area contributed by atoms with Gasteiger partial charge < -0.3 is 14.2 Å². The van der Waals surface area contributed by atoms with E-state index in [1.807, 2.05) is 0 Å². The lowest BCUT2D eigenvalue weighted by molar-refractivity contribution is -0.167. The second-order valence-electron chi connectivity index (χ2n) is 20.6. The zero-order valence-corrected chi connectivity index (χ0v) is 42.7. The lowest BCUT2D eigenvalue weighted by atomic mass is 10.0. The highest BCUT2D eigenvalue weighted by atomic mass is 16.6. The van der Waals surface area contributed by atoms with Crippen LogP contribution in [0.4, 0.5) is 0 Å². The Balaban J connectivity index is 4.30. The fraction of sp³-hybridized carbons (Fsp3) is 0.946. The van der Waals surface area contributed by atoms with Crippen LogP contribution in [0.25, 0.3) is 0 Å². The molecule has 0 radical (unpaired) electrons. The molecular weight excluding hydrogens is 769 g/mol. The van der Waals surface area contributed by atoms with Crippen LogP contribution in [0.1, 0.15) is 305 Å². The molecule has 0 aliphatic rings. The summed E-state index contributed by atoms with van der Waals surface area (Å²) < 4.78 is 16.9. The SMILES string of the molecule is CC(C)CCCCCCCCCCCCCCCCC(=O)OC[C@@H](COC(=O)CCCCCCCCCCCCC(C)C)OC(=O)CCCCCCCCCCCCCC(C)C. The van der Waals surface area contributed by atoms with Crippen LogP contribution in [0, 0.1) is 17.8 Å². The number of carbonyl (C=O) groups is 3. The van der Waals surface area contributed by atoms with Crippen LogP contribution < -0.4 is 0 Å². The minimum Gasteiger partial charge on any atom is -0.462 e. The summed E-state index contributed by atoms with van der Waals surface area (Å²) in [6.45, 7) is 13.7. The van der Waals surface area contributed by atoms with Gasteiger partial charge in [0, 0.05) is 19.3 Å². The molecule has 0 saturated carbocycles. The third-order valence-electron chi connectivity index (χ3n) is 12.6. The summed E-state index contributed by atoms with van der Waals surface area (Å²) in [6.07, 6.45) is 48.1. The highest BCUT2D eigenvalue weighted by Gasteiger charge is 2.19. The van der Waals surface area contributed by atoms with E-state index in [9.17, 15) is 14.4 Å². The Morgan fingerprint density at radius 2 is 0.468 bits per heavy atom. The minimum atomic E-state index is -0.763. The van der Waals surface area contributed by atoms with E-state index in [0.29, 0.717) is 19.3 Å². The summed E-state index contributed by atoms with van der Waals surface area (Å²) in [6, 6.07) is 0. The van der Waals surface area contributed by atoms with E-state index in [2.05, 4.69) is 41.5 Å². The second kappa shape index (κ2) is 47.4. The van der Waals surface area contributed by atoms with Gasteiger partial charge in [-0.2, -0.15) is 0 Å². The Morgan fingerprint density at radius 1 is 0.274 bits per heavy atom. The smallest absolute Gasteiger partial charge is 0.306 e. The van der Waals surface area contributed by atoms with Gasteiger partial charge in [0.05, 0.1) is 0 Å². The molecule has 6 heteroatoms. The van der Waals surface area contributed by atoms with Gasteiger partial charge in [0.15, 0.2) is 6.10 Å². The quantitative estimate of drug-likeness (QED) is 0.0344. The molecule has 0 aromatic carbocycles. The maximum absolute atomic E-state index is 12.8. The second-order valence-corrected chi connectivity index (χ2v) is 20.6. The topological polar surface area (TPSA) is 78.9 Å². The summed E-state index contributed by atoms with van der Waals surface area (Å²) in [5.41, 5.74) is 0. The Hall–Kier alpha value is -1.59. The summed E-state index contributed by atoms with van der Waals surface area (Å²) >= 11 is 0. The molecule has 0 heterocycles. The minimum absolute atomic E-state index is 0.0640. The first kappa shape index (κ1) is 60.4. The number of hydrogen-bond acceptors (Lipinski definition) is 6. The number of hydrogen-bond donors (Lipinski definition) is 0. The van der Waals surface area contributed by atoms with Crippen LogP contribution in [0.15, 0.2) is 0 Å². The van der Waals surface area contributed by atoms with Gasteiger partial charge >= 0.3 is 17.9 Å². The Bertz CT molecular complexity index is 960. The monoisotopic (exact) mass is 877 g/mol. The van der Waals surface area contributed by atoms with Crippen LogP contribution in [-0.2, 0) is 28.6 Å². The molecule has 0 amide bonds. The van der Waals surface area contributed by atoms with Crippen molar-refractivity contribution in [2.45, 2.75) is 311 Å². The summed E-state index contributed by atoms with van der Waals surface area (Å²) in [5, 5.41) is 0. The molecule has 0 N–H and O–H groups in total. The van der Waals surface area contributed by atoms with Crippen LogP contribution in [0.2, 0.25) is 0 Å². The number of esters is 3. The number of carbonyl (C=O) groups excluding carboxylic acids is 3. The van der Waals surface area contributed by atoms with Gasteiger partial charge in [0.2, 0.25) is 0 Å². The number of unbranched alkanes of at least 4 members (excludes halogenated alkanes) is 32. The average Bonchev–Trinajstić information content (AvgIpc) is 3.23. The van der Waals surface area contributed by atoms with Crippen LogP contribution in [-0.4, -0.2) is 37.2 Å². The summed E-state index contributed by atoms with van der Waals surface area (Å²) in [4.78, 5) is 38.1. The molecular formula is C56H108O6. The lowest BCUT2D eigenvalue weighted by Crippen LogP contribution is -2.30. The molecule has 368 valence electrons. The Morgan fingerprint density at radius 3 is 0.694 bits per heavy atom. The molecule has 0 spiro atoms. The molecule has 0 unspecified atom stereocenters. The van der Waals surface area contributed by atoms with E-state index in [4.69, 9.17) is 14.2 Å². The number of rotatable bonds is 49. The summed E-state index contributed by atoms with van der Waals surface area (Å²) in [7, 11) is 0. The standard InChI is InChI=1S/C56H108O6/c1-50(2)42-36-30-24-18-12-9-7-8-10-14-21-27-33-39-45-54(57)60-48-53(49-61-55(58)46-40-34-28-22-17-16-20-26-32-38-44-52(5)6)62-56(59)47-41-35-29-23-15-11-13-19-25-31-37-43-51(3)4/h50-53H,7-49H2,1-6H3/t53-/m0/s1. The predicted molar refractivity (Wildman–Crippen MR) is 266 cm³/mol. The van der Waals surface area contributed by atoms with E-state index >= 15 is 0 Å². The molecule has 1 atom stereocenters. The molecule has 0 aliphatic heterocycles. The molecule has 6 nitrogen and oxygen atoms in total. The third-order valence-corrected chi connectivity index (χ3v) is 12.6. The first-order valence-electron chi connectivity index (χ1n) is 27.6. The van der Waals surface area contributed by atoms with Gasteiger partial charge in [-0.25, -0.2) is 0 Å². The molecule has 0 saturated heterocycles. The van der Waals surface area contributed by atoms with Crippen molar-refractivity contribution in [3.8, 4) is 0 Å². The van der Waals surface area contributed by atoms with Crippen molar-refractivity contribution in [2.24, 2.45) is 17.8 Å². The van der Waals surface area contributed by atoms with Gasteiger partial charge in [0.25, 0.3) is 0 Å². The van der Waals surface area contributed by atoms with Crippen molar-refractivity contribution < 1.29 is 28.6 Å². The first-order chi connectivity index (χ1) is 30.1. The van der Waals surface area contributed by atoms with E-state index in [1.54, 1.807) is 0 Å². The van der Waals surface area contributed by atoms with Crippen molar-refractivity contribution in [3.63, 3.8) is 0 Å². The lowest BCUT2D eigenvalue weighted by Gasteiger charge is -2.18. The molecule has 0 aromatic heterocycles. The zero-order valence-electron chi connectivity index (χ0n) is 42.7. The van der Waals surface area contributed by atoms with E-state index in [-0.39, 0.29) is 31.1 Å². The van der Waals surface area contributed by atoms with Crippen molar-refractivity contribution in [1.29, 1.82) is 0 Å². The highest BCUT2D eigenvalue weighted by molar-refractivity contribution is 5.71. The fourth-order valence-corrected chi connectivity index (χ4v) is 8.47. The van der Waals surface area contributed by atoms with Crippen LogP contribution >= 0.6 is 0 Å². The molecule has 0 aromatic rings. The van der Waals surface area contributed by atoms with E-state index in [0.717, 1.165) is 75.5 Å². The number of ether oxygens (including phenoxy) is 3. The highest BCUT2D eigenvalue weighted by Crippen LogP contribution is 2.18. The van der Waals surface area contributed by atoms with E-state index in [1.165, 1.54) is 186 Å². The maximum atomic E-state index is 12.8. The maximum Gasteiger partial charge on any atom is 0.306 e. The molecule has 0 fully saturated rings. The summed E-state index contributed by atoms with van der Waals surface area (Å²) in [5.74, 6) is 1.64. The van der Waals surface area contributed by atoms with Crippen molar-refractivity contribution in [1.82, 2.24) is 0 Å². The largest absolute Gasteiger partial charge is 0.462 e. The average molecular weight is 877 g/mol. The molecule has 0 bridgehead atoms. The normalized spacial score (nSPS) is 12.1. The van der Waals surface area contributed by atoms with Crippen molar-refractivity contribution in [2.75, 3.05) is 13.2 Å². The van der Waals surface area contributed by atoms with Crippen LogP contribution in [0.5, 0.6) is 0 Å². The third kappa shape index (κ3) is 49.4.